The van der Waals surface area contributed by atoms with Crippen LogP contribution in [0.2, 0.25) is 0 Å². The Kier molecular flexibility index (Phi) is 8.00. The predicted octanol–water partition coefficient (Wildman–Crippen LogP) is 4.26. The molecular weight excluding hydrogens is 462 g/mol. The maximum Gasteiger partial charge on any atom is 0.252 e. The van der Waals surface area contributed by atoms with Gasteiger partial charge in [0.15, 0.2) is 0 Å². The van der Waals surface area contributed by atoms with Crippen molar-refractivity contribution in [1.29, 1.82) is 0 Å². The number of carbonyl (C=O) groups excluding carboxylic acids is 2. The van der Waals surface area contributed by atoms with Crippen LogP contribution in [-0.2, 0) is 4.79 Å². The fraction of sp³-hybridized carbons (Fsp3) is 0.211. The first-order valence-electron chi connectivity index (χ1n) is 8.09. The van der Waals surface area contributed by atoms with E-state index in [0.29, 0.717) is 18.5 Å². The molecule has 0 bridgehead atoms. The van der Waals surface area contributed by atoms with Gasteiger partial charge in [-0.15, -0.1) is 0 Å². The molecule has 0 aliphatic heterocycles. The maximum atomic E-state index is 12.0. The van der Waals surface area contributed by atoms with Crippen LogP contribution >= 0.6 is 31.9 Å². The second-order valence-electron chi connectivity index (χ2n) is 5.58. The molecule has 26 heavy (non-hydrogen) atoms. The predicted molar refractivity (Wildman–Crippen MR) is 110 cm³/mol. The quantitative estimate of drug-likeness (QED) is 0.353. The fourth-order valence-electron chi connectivity index (χ4n) is 2.15. The van der Waals surface area contributed by atoms with E-state index in [4.69, 9.17) is 0 Å². The van der Waals surface area contributed by atoms with Gasteiger partial charge in [-0.3, -0.25) is 9.59 Å². The van der Waals surface area contributed by atoms with Crippen LogP contribution in [0.1, 0.15) is 35.7 Å². The summed E-state index contributed by atoms with van der Waals surface area (Å²) in [5.41, 5.74) is 4.79. The van der Waals surface area contributed by atoms with Gasteiger partial charge in [0.25, 0.3) is 5.91 Å². The lowest BCUT2D eigenvalue weighted by atomic mass is 10.1. The molecule has 2 rings (SSSR count). The number of hydrazone groups is 1. The first kappa shape index (κ1) is 20.3. The van der Waals surface area contributed by atoms with E-state index in [1.54, 1.807) is 12.1 Å². The molecule has 2 N–H and O–H groups in total. The molecule has 0 heterocycles. The summed E-state index contributed by atoms with van der Waals surface area (Å²) in [7, 11) is 0. The van der Waals surface area contributed by atoms with Crippen molar-refractivity contribution in [3.05, 3.63) is 68.6 Å². The number of nitrogens with one attached hydrogen (secondary N) is 2. The Labute approximate surface area is 169 Å². The van der Waals surface area contributed by atoms with E-state index in [2.05, 4.69) is 47.7 Å². The lowest BCUT2D eigenvalue weighted by Gasteiger charge is -2.07. The summed E-state index contributed by atoms with van der Waals surface area (Å²) in [6.45, 7) is 2.25. The molecule has 0 spiro atoms. The highest BCUT2D eigenvalue weighted by molar-refractivity contribution is 9.10. The minimum Gasteiger partial charge on any atom is -0.352 e. The lowest BCUT2D eigenvalue weighted by molar-refractivity contribution is -0.121. The molecule has 0 saturated carbocycles. The molecule has 0 radical (unpaired) electrons. The van der Waals surface area contributed by atoms with E-state index in [-0.39, 0.29) is 18.2 Å². The minimum absolute atomic E-state index is 0.165. The zero-order valence-corrected chi connectivity index (χ0v) is 17.4. The van der Waals surface area contributed by atoms with Crippen molar-refractivity contribution < 1.29 is 9.59 Å². The Balaban J connectivity index is 1.72. The van der Waals surface area contributed by atoms with E-state index in [0.717, 1.165) is 20.2 Å². The first-order chi connectivity index (χ1) is 12.5. The van der Waals surface area contributed by atoms with Crippen LogP contribution in [0, 0.1) is 0 Å². The van der Waals surface area contributed by atoms with Gasteiger partial charge < -0.3 is 5.32 Å². The Bertz CT molecular complexity index is 805. The van der Waals surface area contributed by atoms with Crippen LogP contribution in [0.25, 0.3) is 0 Å². The Hall–Kier alpha value is -1.99. The van der Waals surface area contributed by atoms with Crippen LogP contribution in [0.4, 0.5) is 0 Å². The number of benzene rings is 2. The topological polar surface area (TPSA) is 70.6 Å². The summed E-state index contributed by atoms with van der Waals surface area (Å²) in [6, 6.07) is 14.9. The van der Waals surface area contributed by atoms with Gasteiger partial charge in [0.05, 0.1) is 11.3 Å². The van der Waals surface area contributed by atoms with E-state index < -0.39 is 0 Å². The molecule has 2 aromatic rings. The molecule has 2 aromatic carbocycles. The van der Waals surface area contributed by atoms with E-state index >= 15 is 0 Å². The minimum atomic E-state index is -0.184. The standard InChI is InChI=1S/C19H19Br2N3O2/c1-13(14-8-10-15(20)11-9-14)23-24-18(25)7-4-12-22-19(26)16-5-2-3-6-17(16)21/h2-3,5-6,8-11H,4,7,12H2,1H3,(H,22,26)(H,24,25). The number of rotatable bonds is 7. The van der Waals surface area contributed by atoms with Crippen molar-refractivity contribution in [2.24, 2.45) is 5.10 Å². The molecule has 0 fully saturated rings. The largest absolute Gasteiger partial charge is 0.352 e. The van der Waals surface area contributed by atoms with Crippen molar-refractivity contribution >= 4 is 49.4 Å². The smallest absolute Gasteiger partial charge is 0.252 e. The van der Waals surface area contributed by atoms with Gasteiger partial charge in [0.2, 0.25) is 5.91 Å². The maximum absolute atomic E-state index is 12.0. The van der Waals surface area contributed by atoms with Gasteiger partial charge >= 0.3 is 0 Å². The third kappa shape index (κ3) is 6.38. The molecule has 0 aliphatic carbocycles. The average Bonchev–Trinajstić information content (AvgIpc) is 2.64. The van der Waals surface area contributed by atoms with Crippen molar-refractivity contribution in [2.45, 2.75) is 19.8 Å². The SMILES string of the molecule is CC(=NNC(=O)CCCNC(=O)c1ccccc1Br)c1ccc(Br)cc1. The number of hydrogen-bond acceptors (Lipinski definition) is 3. The Morgan fingerprint density at radius 1 is 1.04 bits per heavy atom. The molecule has 136 valence electrons. The highest BCUT2D eigenvalue weighted by atomic mass is 79.9. The van der Waals surface area contributed by atoms with Crippen molar-refractivity contribution in [2.75, 3.05) is 6.54 Å². The third-order valence-electron chi connectivity index (χ3n) is 3.59. The summed E-state index contributed by atoms with van der Waals surface area (Å²) in [4.78, 5) is 23.9. The highest BCUT2D eigenvalue weighted by Crippen LogP contribution is 2.15. The van der Waals surface area contributed by atoms with Crippen LogP contribution in [0.5, 0.6) is 0 Å². The Morgan fingerprint density at radius 2 is 1.73 bits per heavy atom. The molecule has 0 atom stereocenters. The van der Waals surface area contributed by atoms with E-state index in [1.165, 1.54) is 0 Å². The summed E-state index contributed by atoms with van der Waals surface area (Å²) < 4.78 is 1.73. The zero-order chi connectivity index (χ0) is 18.9. The van der Waals surface area contributed by atoms with Crippen molar-refractivity contribution in [1.82, 2.24) is 10.7 Å². The first-order valence-corrected chi connectivity index (χ1v) is 9.68. The fourth-order valence-corrected chi connectivity index (χ4v) is 2.88. The normalized spacial score (nSPS) is 11.1. The number of halogens is 2. The molecule has 0 aromatic heterocycles. The Morgan fingerprint density at radius 3 is 2.42 bits per heavy atom. The van der Waals surface area contributed by atoms with Crippen molar-refractivity contribution in [3.63, 3.8) is 0 Å². The van der Waals surface area contributed by atoms with Crippen molar-refractivity contribution in [3.8, 4) is 0 Å². The van der Waals surface area contributed by atoms with Gasteiger partial charge in [-0.05, 0) is 59.1 Å². The van der Waals surface area contributed by atoms with Gasteiger partial charge in [-0.2, -0.15) is 5.10 Å². The second kappa shape index (κ2) is 10.2. The summed E-state index contributed by atoms with van der Waals surface area (Å²) in [6.07, 6.45) is 0.822. The average molecular weight is 481 g/mol. The highest BCUT2D eigenvalue weighted by Gasteiger charge is 2.08. The summed E-state index contributed by atoms with van der Waals surface area (Å²) in [5.74, 6) is -0.349. The van der Waals surface area contributed by atoms with Gasteiger partial charge in [-0.25, -0.2) is 5.43 Å². The summed E-state index contributed by atoms with van der Waals surface area (Å²) >= 11 is 6.72. The molecule has 5 nitrogen and oxygen atoms in total. The second-order valence-corrected chi connectivity index (χ2v) is 7.35. The van der Waals surface area contributed by atoms with E-state index in [9.17, 15) is 9.59 Å². The van der Waals surface area contributed by atoms with E-state index in [1.807, 2.05) is 43.3 Å². The summed E-state index contributed by atoms with van der Waals surface area (Å²) in [5, 5.41) is 6.91. The molecule has 0 aliphatic rings. The van der Waals surface area contributed by atoms with Crippen LogP contribution < -0.4 is 10.7 Å². The van der Waals surface area contributed by atoms with Crippen LogP contribution in [0.3, 0.4) is 0 Å². The number of amides is 2. The number of carbonyl (C=O) groups is 2. The molecule has 0 unspecified atom stereocenters. The monoisotopic (exact) mass is 479 g/mol. The van der Waals surface area contributed by atoms with Crippen LogP contribution in [-0.4, -0.2) is 24.1 Å². The lowest BCUT2D eigenvalue weighted by Crippen LogP contribution is -2.26. The number of hydrogen-bond donors (Lipinski definition) is 2. The zero-order valence-electron chi connectivity index (χ0n) is 14.3. The van der Waals surface area contributed by atoms with Gasteiger partial charge in [0, 0.05) is 21.9 Å². The molecule has 2 amide bonds. The van der Waals surface area contributed by atoms with Gasteiger partial charge in [0.1, 0.15) is 0 Å². The number of nitrogens with zero attached hydrogens (tertiary/aromatic N) is 1. The third-order valence-corrected chi connectivity index (χ3v) is 4.82. The molecule has 0 saturated heterocycles. The van der Waals surface area contributed by atoms with Crippen LogP contribution in [0.15, 0.2) is 62.6 Å². The molecule has 7 heteroatoms. The van der Waals surface area contributed by atoms with Gasteiger partial charge in [-0.1, -0.05) is 40.2 Å². The molecular formula is C19H19Br2N3O2.